The molecular formula is C28H27NO7. The van der Waals surface area contributed by atoms with E-state index in [1.54, 1.807) is 27.4 Å². The van der Waals surface area contributed by atoms with Crippen molar-refractivity contribution in [1.29, 1.82) is 0 Å². The van der Waals surface area contributed by atoms with E-state index in [0.717, 1.165) is 16.7 Å². The lowest BCUT2D eigenvalue weighted by atomic mass is 10.1. The second kappa shape index (κ2) is 12.2. The summed E-state index contributed by atoms with van der Waals surface area (Å²) in [7, 11) is 6.06. The molecule has 0 radical (unpaired) electrons. The van der Waals surface area contributed by atoms with E-state index in [0.29, 0.717) is 23.7 Å². The van der Waals surface area contributed by atoms with E-state index in [-0.39, 0.29) is 22.8 Å². The zero-order valence-corrected chi connectivity index (χ0v) is 20.5. The fourth-order valence-corrected chi connectivity index (χ4v) is 3.54. The van der Waals surface area contributed by atoms with Crippen LogP contribution >= 0.6 is 0 Å². The van der Waals surface area contributed by atoms with Crippen molar-refractivity contribution in [3.63, 3.8) is 0 Å². The highest BCUT2D eigenvalue weighted by Gasteiger charge is 2.17. The van der Waals surface area contributed by atoms with Gasteiger partial charge in [-0.25, -0.2) is 0 Å². The van der Waals surface area contributed by atoms with Gasteiger partial charge in [0, 0.05) is 11.6 Å². The second-order valence-electron chi connectivity index (χ2n) is 7.65. The lowest BCUT2D eigenvalue weighted by molar-refractivity contribution is -0.385. The van der Waals surface area contributed by atoms with Gasteiger partial charge < -0.3 is 18.9 Å². The molecule has 0 amide bonds. The van der Waals surface area contributed by atoms with E-state index in [1.165, 1.54) is 31.4 Å². The maximum Gasteiger partial charge on any atom is 0.311 e. The highest BCUT2D eigenvalue weighted by molar-refractivity contribution is 6.05. The minimum Gasteiger partial charge on any atom is -0.493 e. The van der Waals surface area contributed by atoms with Gasteiger partial charge in [-0.2, -0.15) is 0 Å². The Balaban J connectivity index is 1.65. The Labute approximate surface area is 209 Å². The largest absolute Gasteiger partial charge is 0.493 e. The molecule has 8 nitrogen and oxygen atoms in total. The molecule has 0 aliphatic heterocycles. The van der Waals surface area contributed by atoms with Crippen molar-refractivity contribution in [1.82, 2.24) is 0 Å². The van der Waals surface area contributed by atoms with Crippen LogP contribution in [0.4, 0.5) is 5.69 Å². The molecule has 186 valence electrons. The van der Waals surface area contributed by atoms with E-state index < -0.39 is 4.92 Å². The van der Waals surface area contributed by atoms with Crippen LogP contribution in [-0.2, 0) is 6.42 Å². The van der Waals surface area contributed by atoms with E-state index in [9.17, 15) is 14.9 Å². The van der Waals surface area contributed by atoms with Crippen molar-refractivity contribution >= 4 is 23.6 Å². The van der Waals surface area contributed by atoms with Crippen molar-refractivity contribution in [2.75, 3.05) is 28.4 Å². The van der Waals surface area contributed by atoms with Gasteiger partial charge in [0.15, 0.2) is 23.0 Å². The molecule has 0 spiro atoms. The number of carbonyl (C=O) groups is 1. The molecule has 0 heterocycles. The van der Waals surface area contributed by atoms with Crippen molar-refractivity contribution < 1.29 is 28.7 Å². The topological polar surface area (TPSA) is 97.1 Å². The summed E-state index contributed by atoms with van der Waals surface area (Å²) in [6.07, 6.45) is 7.62. The van der Waals surface area contributed by atoms with Crippen molar-refractivity contribution in [3.05, 3.63) is 99.1 Å². The molecule has 0 aliphatic rings. The van der Waals surface area contributed by atoms with Gasteiger partial charge in [0.1, 0.15) is 0 Å². The van der Waals surface area contributed by atoms with Crippen molar-refractivity contribution in [2.45, 2.75) is 6.42 Å². The van der Waals surface area contributed by atoms with Gasteiger partial charge >= 0.3 is 5.69 Å². The molecule has 36 heavy (non-hydrogen) atoms. The molecule has 8 heteroatoms. The van der Waals surface area contributed by atoms with Gasteiger partial charge in [0.05, 0.1) is 33.4 Å². The third kappa shape index (κ3) is 6.29. The van der Waals surface area contributed by atoms with Crippen LogP contribution in [0.5, 0.6) is 23.0 Å². The highest BCUT2D eigenvalue weighted by atomic mass is 16.6. The third-order valence-corrected chi connectivity index (χ3v) is 5.42. The number of methoxy groups -OCH3 is 4. The van der Waals surface area contributed by atoms with Gasteiger partial charge in [-0.3, -0.25) is 14.9 Å². The van der Waals surface area contributed by atoms with Gasteiger partial charge in [-0.15, -0.1) is 0 Å². The molecule has 0 N–H and O–H groups in total. The zero-order valence-electron chi connectivity index (χ0n) is 20.5. The minimum absolute atomic E-state index is 0.111. The molecule has 0 fully saturated rings. The van der Waals surface area contributed by atoms with Crippen LogP contribution in [0.2, 0.25) is 0 Å². The summed E-state index contributed by atoms with van der Waals surface area (Å²) < 4.78 is 21.1. The highest BCUT2D eigenvalue weighted by Crippen LogP contribution is 2.38. The number of hydrogen-bond acceptors (Lipinski definition) is 7. The second-order valence-corrected chi connectivity index (χ2v) is 7.65. The molecule has 3 aromatic carbocycles. The SMILES string of the molecule is COc1ccc(C(=O)/C=C\Cc2ccc(/C=C\c3cc(OC)c(OC)c(OC)c3)cc2)cc1[N+](=O)[O-]. The molecule has 0 unspecified atom stereocenters. The Morgan fingerprint density at radius 1 is 0.806 bits per heavy atom. The number of allylic oxidation sites excluding steroid dienone is 2. The summed E-state index contributed by atoms with van der Waals surface area (Å²) >= 11 is 0. The van der Waals surface area contributed by atoms with E-state index in [2.05, 4.69) is 0 Å². The van der Waals surface area contributed by atoms with Crippen molar-refractivity contribution in [2.24, 2.45) is 0 Å². The average Bonchev–Trinajstić information content (AvgIpc) is 2.91. The Bertz CT molecular complexity index is 1270. The average molecular weight is 490 g/mol. The van der Waals surface area contributed by atoms with Crippen LogP contribution in [0.3, 0.4) is 0 Å². The number of nitrogens with zero attached hydrogens (tertiary/aromatic N) is 1. The first-order valence-corrected chi connectivity index (χ1v) is 11.0. The molecule has 3 aromatic rings. The quantitative estimate of drug-likeness (QED) is 0.111. The first kappa shape index (κ1) is 26.0. The van der Waals surface area contributed by atoms with Crippen LogP contribution < -0.4 is 18.9 Å². The van der Waals surface area contributed by atoms with Crippen LogP contribution in [-0.4, -0.2) is 39.1 Å². The standard InChI is InChI=1S/C28H27NO7/c1-33-25-15-14-22(18-23(25)29(31)32)24(30)7-5-6-19-8-10-20(11-9-19)12-13-21-16-26(34-2)28(36-4)27(17-21)35-3/h5,7-18H,6H2,1-4H3/b7-5-,13-12-. The number of carbonyl (C=O) groups excluding carboxylic acids is 1. The summed E-state index contributed by atoms with van der Waals surface area (Å²) in [5.41, 5.74) is 2.90. The van der Waals surface area contributed by atoms with Crippen LogP contribution in [0.15, 0.2) is 66.7 Å². The summed E-state index contributed by atoms with van der Waals surface area (Å²) in [5, 5.41) is 11.2. The Morgan fingerprint density at radius 3 is 1.97 bits per heavy atom. The summed E-state index contributed by atoms with van der Waals surface area (Å²) in [6.45, 7) is 0. The first-order chi connectivity index (χ1) is 17.4. The Morgan fingerprint density at radius 2 is 1.42 bits per heavy atom. The van der Waals surface area contributed by atoms with Crippen molar-refractivity contribution in [3.8, 4) is 23.0 Å². The molecule has 3 rings (SSSR count). The zero-order chi connectivity index (χ0) is 26.1. The number of rotatable bonds is 11. The van der Waals surface area contributed by atoms with Gasteiger partial charge in [0.25, 0.3) is 0 Å². The molecule has 0 saturated carbocycles. The Hall–Kier alpha value is -4.59. The smallest absolute Gasteiger partial charge is 0.311 e. The number of ether oxygens (including phenoxy) is 4. The fourth-order valence-electron chi connectivity index (χ4n) is 3.54. The Kier molecular flexibility index (Phi) is 8.83. The lowest BCUT2D eigenvalue weighted by Crippen LogP contribution is -1.99. The maximum atomic E-state index is 12.4. The van der Waals surface area contributed by atoms with Crippen LogP contribution in [0, 0.1) is 10.1 Å². The normalized spacial score (nSPS) is 11.0. The number of nitro groups is 1. The number of nitro benzene ring substituents is 1. The van der Waals surface area contributed by atoms with E-state index in [1.807, 2.05) is 48.6 Å². The first-order valence-electron chi connectivity index (χ1n) is 11.0. The van der Waals surface area contributed by atoms with Gasteiger partial charge in [0.2, 0.25) is 5.75 Å². The molecule has 0 saturated heterocycles. The van der Waals surface area contributed by atoms with Gasteiger partial charge in [-0.05, 0) is 53.5 Å². The predicted molar refractivity (Wildman–Crippen MR) is 138 cm³/mol. The lowest BCUT2D eigenvalue weighted by Gasteiger charge is -2.12. The molecule has 0 bridgehead atoms. The summed E-state index contributed by atoms with van der Waals surface area (Å²) in [4.78, 5) is 23.0. The minimum atomic E-state index is -0.572. The predicted octanol–water partition coefficient (Wildman–Crippen LogP) is 5.78. The summed E-state index contributed by atoms with van der Waals surface area (Å²) in [6, 6.07) is 15.8. The number of benzene rings is 3. The fraction of sp³-hybridized carbons (Fsp3) is 0.179. The molecule has 0 aromatic heterocycles. The van der Waals surface area contributed by atoms with Gasteiger partial charge in [-0.1, -0.05) is 42.5 Å². The number of hydrogen-bond donors (Lipinski definition) is 0. The monoisotopic (exact) mass is 489 g/mol. The van der Waals surface area contributed by atoms with E-state index in [4.69, 9.17) is 18.9 Å². The van der Waals surface area contributed by atoms with E-state index >= 15 is 0 Å². The molecule has 0 aliphatic carbocycles. The number of ketones is 1. The third-order valence-electron chi connectivity index (χ3n) is 5.42. The van der Waals surface area contributed by atoms with Crippen LogP contribution in [0.1, 0.15) is 27.0 Å². The molecular weight excluding hydrogens is 462 g/mol. The summed E-state index contributed by atoms with van der Waals surface area (Å²) in [5.74, 6) is 1.50. The van der Waals surface area contributed by atoms with Crippen LogP contribution in [0.25, 0.3) is 12.2 Å². The molecule has 0 atom stereocenters. The maximum absolute atomic E-state index is 12.4.